The van der Waals surface area contributed by atoms with E-state index in [-0.39, 0.29) is 11.8 Å². The van der Waals surface area contributed by atoms with E-state index in [1.165, 1.54) is 0 Å². The van der Waals surface area contributed by atoms with Crippen molar-refractivity contribution >= 4 is 78.9 Å². The van der Waals surface area contributed by atoms with Crippen LogP contribution in [0.3, 0.4) is 0 Å². The summed E-state index contributed by atoms with van der Waals surface area (Å²) in [6.45, 7) is 9.14. The molecule has 284 valence electrons. The van der Waals surface area contributed by atoms with Crippen LogP contribution in [0.5, 0.6) is 0 Å². The van der Waals surface area contributed by atoms with Crippen LogP contribution in [0.2, 0.25) is 0 Å². The van der Waals surface area contributed by atoms with Gasteiger partial charge >= 0.3 is 0 Å². The highest BCUT2D eigenvalue weighted by molar-refractivity contribution is 6.41. The van der Waals surface area contributed by atoms with Crippen LogP contribution in [0.25, 0.3) is 43.1 Å². The molecule has 0 unspecified atom stereocenters. The lowest BCUT2D eigenvalue weighted by Crippen LogP contribution is -2.29. The van der Waals surface area contributed by atoms with Crippen LogP contribution in [0, 0.1) is 0 Å². The summed E-state index contributed by atoms with van der Waals surface area (Å²) >= 11 is 0. The van der Waals surface area contributed by atoms with E-state index in [0.717, 1.165) is 159 Å². The lowest BCUT2D eigenvalue weighted by Gasteiger charge is -2.29. The Morgan fingerprint density at radius 3 is 1.52 bits per heavy atom. The average Bonchev–Trinajstić information content (AvgIpc) is 3.95. The average molecular weight is 729 g/mol. The zero-order valence-corrected chi connectivity index (χ0v) is 32.8. The van der Waals surface area contributed by atoms with Crippen LogP contribution in [0.15, 0.2) is 36.4 Å². The Morgan fingerprint density at radius 2 is 1.02 bits per heavy atom. The molecule has 0 aromatic heterocycles. The Hall–Kier alpha value is -4.72. The van der Waals surface area contributed by atoms with Gasteiger partial charge in [0.25, 0.3) is 11.8 Å². The van der Waals surface area contributed by atoms with Crippen LogP contribution in [-0.4, -0.2) is 87.6 Å². The number of rotatable bonds is 16. The summed E-state index contributed by atoms with van der Waals surface area (Å²) in [4.78, 5) is 63.4. The zero-order chi connectivity index (χ0) is 37.9. The molecule has 2 fully saturated rings. The van der Waals surface area contributed by atoms with Gasteiger partial charge in [-0.1, -0.05) is 70.6 Å². The number of hydrogen-bond donors (Lipinski definition) is 0. The Morgan fingerprint density at radius 1 is 0.556 bits per heavy atom. The molecule has 2 aliphatic rings. The first-order valence-electron chi connectivity index (χ1n) is 20.5. The van der Waals surface area contributed by atoms with E-state index in [0.29, 0.717) is 46.1 Å². The largest absolute Gasteiger partial charge is 0.371 e. The molecular weight excluding hydrogens is 673 g/mol. The summed E-state index contributed by atoms with van der Waals surface area (Å²) < 4.78 is 0. The van der Waals surface area contributed by atoms with Gasteiger partial charge < -0.3 is 19.6 Å². The molecule has 8 nitrogen and oxygen atoms in total. The number of nitrogens with zero attached hydrogens (tertiary/aromatic N) is 4. The molecule has 5 aromatic rings. The minimum atomic E-state index is -0.0871. The number of fused-ring (bicyclic) bond motifs is 2. The van der Waals surface area contributed by atoms with Crippen LogP contribution >= 0.6 is 0 Å². The second-order valence-corrected chi connectivity index (χ2v) is 15.7. The fourth-order valence-electron chi connectivity index (χ4n) is 9.24. The summed E-state index contributed by atoms with van der Waals surface area (Å²) in [6, 6.07) is 11.9. The molecule has 2 amide bonds. The third-order valence-corrected chi connectivity index (χ3v) is 12.1. The SMILES string of the molecule is CCCCCCN(C)C(=O)c1ccc2c3c(N4CCCC4)cc(C(=O)N(C)CCCCCC)c4c(C=O)ccc(c5c(N6CCCC6)cc(C=O)c1c25)c43. The first kappa shape index (κ1) is 37.6. The molecule has 0 aliphatic carbocycles. The molecule has 8 heteroatoms. The van der Waals surface area contributed by atoms with E-state index in [2.05, 4.69) is 29.7 Å². The Kier molecular flexibility index (Phi) is 11.4. The number of amides is 2. The van der Waals surface area contributed by atoms with Crippen molar-refractivity contribution in [2.45, 2.75) is 90.9 Å². The second-order valence-electron chi connectivity index (χ2n) is 15.7. The number of carbonyl (C=O) groups is 4. The van der Waals surface area contributed by atoms with Gasteiger partial charge in [0.1, 0.15) is 0 Å². The maximum atomic E-state index is 14.6. The normalized spacial score (nSPS) is 14.7. The van der Waals surface area contributed by atoms with Crippen molar-refractivity contribution in [1.29, 1.82) is 0 Å². The van der Waals surface area contributed by atoms with Gasteiger partial charge in [-0.25, -0.2) is 0 Å². The topological polar surface area (TPSA) is 81.2 Å². The highest BCUT2D eigenvalue weighted by Crippen LogP contribution is 2.50. The number of unbranched alkanes of at least 4 members (excludes halogenated alkanes) is 6. The smallest absolute Gasteiger partial charge is 0.254 e. The standard InChI is InChI=1S/C46H56N4O4/c1-5-7-9-11-21-47(3)45(53)35-20-19-34-42-38(50-25-15-16-26-50)28-36(46(54)48(4)22-12-10-8-6-2)39-31(29-51)17-18-33(43(39)42)41-37(49-23-13-14-24-49)27-32(30-52)40(35)44(34)41/h17-20,27-30H,5-16,21-26H2,1-4H3. The maximum Gasteiger partial charge on any atom is 0.254 e. The number of benzene rings is 5. The molecule has 0 radical (unpaired) electrons. The Labute approximate surface area is 319 Å². The van der Waals surface area contributed by atoms with Gasteiger partial charge in [0, 0.05) is 114 Å². The van der Waals surface area contributed by atoms with Crippen molar-refractivity contribution in [1.82, 2.24) is 9.80 Å². The van der Waals surface area contributed by atoms with E-state index in [4.69, 9.17) is 0 Å². The first-order chi connectivity index (χ1) is 26.3. The highest BCUT2D eigenvalue weighted by Gasteiger charge is 2.31. The predicted molar refractivity (Wildman–Crippen MR) is 224 cm³/mol. The predicted octanol–water partition coefficient (Wildman–Crippen LogP) is 9.87. The molecule has 0 bridgehead atoms. The van der Waals surface area contributed by atoms with E-state index in [9.17, 15) is 19.2 Å². The van der Waals surface area contributed by atoms with Gasteiger partial charge in [-0.2, -0.15) is 0 Å². The molecule has 2 heterocycles. The highest BCUT2D eigenvalue weighted by atomic mass is 16.2. The maximum absolute atomic E-state index is 14.6. The van der Waals surface area contributed by atoms with Gasteiger partial charge in [0.2, 0.25) is 0 Å². The molecular formula is C46H56N4O4. The van der Waals surface area contributed by atoms with Crippen LogP contribution in [0.1, 0.15) is 132 Å². The van der Waals surface area contributed by atoms with Gasteiger partial charge in [-0.05, 0) is 67.5 Å². The van der Waals surface area contributed by atoms with Gasteiger partial charge in [0.15, 0.2) is 12.6 Å². The van der Waals surface area contributed by atoms with E-state index >= 15 is 0 Å². The molecule has 0 saturated carbocycles. The van der Waals surface area contributed by atoms with Crippen LogP contribution in [-0.2, 0) is 0 Å². The lowest BCUT2D eigenvalue weighted by atomic mass is 9.82. The molecule has 0 N–H and O–H groups in total. The second kappa shape index (κ2) is 16.3. The molecule has 0 atom stereocenters. The van der Waals surface area contributed by atoms with E-state index < -0.39 is 0 Å². The summed E-state index contributed by atoms with van der Waals surface area (Å²) in [7, 11) is 3.74. The third-order valence-electron chi connectivity index (χ3n) is 12.1. The van der Waals surface area contributed by atoms with Crippen LogP contribution in [0.4, 0.5) is 11.4 Å². The minimum absolute atomic E-state index is 0.0753. The number of anilines is 2. The molecule has 7 rings (SSSR count). The van der Waals surface area contributed by atoms with Crippen molar-refractivity contribution in [3.05, 3.63) is 58.7 Å². The van der Waals surface area contributed by atoms with Crippen molar-refractivity contribution in [2.24, 2.45) is 0 Å². The quantitative estimate of drug-likeness (QED) is 0.0436. The third kappa shape index (κ3) is 6.66. The number of carbonyl (C=O) groups excluding carboxylic acids is 4. The lowest BCUT2D eigenvalue weighted by molar-refractivity contribution is 0.0787. The summed E-state index contributed by atoms with van der Waals surface area (Å²) in [5, 5.41) is 7.03. The van der Waals surface area contributed by atoms with Crippen molar-refractivity contribution in [2.75, 3.05) is 63.2 Å². The van der Waals surface area contributed by atoms with E-state index in [1.54, 1.807) is 4.90 Å². The zero-order valence-electron chi connectivity index (χ0n) is 32.8. The summed E-state index contributed by atoms with van der Waals surface area (Å²) in [5.41, 5.74) is 4.05. The molecule has 2 saturated heterocycles. The van der Waals surface area contributed by atoms with Crippen molar-refractivity contribution in [3.8, 4) is 0 Å². The summed E-state index contributed by atoms with van der Waals surface area (Å²) in [5.74, 6) is -0.162. The molecule has 5 aromatic carbocycles. The fourth-order valence-corrected chi connectivity index (χ4v) is 9.24. The monoisotopic (exact) mass is 728 g/mol. The van der Waals surface area contributed by atoms with E-state index in [1.807, 2.05) is 49.3 Å². The Balaban J connectivity index is 1.58. The summed E-state index contributed by atoms with van der Waals surface area (Å²) in [6.07, 6.45) is 14.5. The van der Waals surface area contributed by atoms with Gasteiger partial charge in [0.05, 0.1) is 5.56 Å². The molecule has 0 spiro atoms. The van der Waals surface area contributed by atoms with Crippen LogP contribution < -0.4 is 9.80 Å². The number of aldehydes is 2. The van der Waals surface area contributed by atoms with Gasteiger partial charge in [-0.3, -0.25) is 19.2 Å². The van der Waals surface area contributed by atoms with Gasteiger partial charge in [-0.15, -0.1) is 0 Å². The van der Waals surface area contributed by atoms with Crippen molar-refractivity contribution in [3.63, 3.8) is 0 Å². The molecule has 2 aliphatic heterocycles. The molecule has 54 heavy (non-hydrogen) atoms. The Bertz CT molecular complexity index is 2170. The number of hydrogen-bond acceptors (Lipinski definition) is 6. The first-order valence-corrected chi connectivity index (χ1v) is 20.5. The van der Waals surface area contributed by atoms with Crippen molar-refractivity contribution < 1.29 is 19.2 Å². The fraction of sp³-hybridized carbons (Fsp3) is 0.478. The minimum Gasteiger partial charge on any atom is -0.371 e.